The zero-order valence-corrected chi connectivity index (χ0v) is 10.4. The van der Waals surface area contributed by atoms with Crippen molar-refractivity contribution >= 4 is 33.3 Å². The molecule has 0 radical (unpaired) electrons. The van der Waals surface area contributed by atoms with Crippen molar-refractivity contribution in [2.24, 2.45) is 0 Å². The maximum absolute atomic E-state index is 12.0. The van der Waals surface area contributed by atoms with E-state index in [4.69, 9.17) is 11.6 Å². The largest absolute Gasteiger partial charge is 0.288 e. The lowest BCUT2D eigenvalue weighted by Gasteiger charge is -2.01. The average Bonchev–Trinajstić information content (AvgIpc) is 2.28. The molecule has 2 aromatic rings. The SMILES string of the molecule is O=C(c1cncnc1)c1cc(Cl)cc(Br)c1. The van der Waals surface area contributed by atoms with Gasteiger partial charge in [0, 0.05) is 27.5 Å². The molecule has 0 aliphatic rings. The summed E-state index contributed by atoms with van der Waals surface area (Å²) in [7, 11) is 0. The topological polar surface area (TPSA) is 42.9 Å². The molecule has 0 atom stereocenters. The molecule has 16 heavy (non-hydrogen) atoms. The number of hydrogen-bond acceptors (Lipinski definition) is 3. The van der Waals surface area contributed by atoms with Crippen LogP contribution >= 0.6 is 27.5 Å². The first-order valence-corrected chi connectivity index (χ1v) is 5.60. The minimum atomic E-state index is -0.149. The van der Waals surface area contributed by atoms with Crippen molar-refractivity contribution in [1.29, 1.82) is 0 Å². The van der Waals surface area contributed by atoms with E-state index in [9.17, 15) is 4.79 Å². The van der Waals surface area contributed by atoms with E-state index in [1.165, 1.54) is 18.7 Å². The van der Waals surface area contributed by atoms with E-state index in [0.717, 1.165) is 4.47 Å². The van der Waals surface area contributed by atoms with Crippen molar-refractivity contribution in [2.75, 3.05) is 0 Å². The molecule has 0 saturated carbocycles. The van der Waals surface area contributed by atoms with Gasteiger partial charge < -0.3 is 0 Å². The van der Waals surface area contributed by atoms with Crippen molar-refractivity contribution in [3.63, 3.8) is 0 Å². The number of rotatable bonds is 2. The first-order chi connectivity index (χ1) is 7.66. The number of carbonyl (C=O) groups excluding carboxylic acids is 1. The van der Waals surface area contributed by atoms with Crippen LogP contribution in [0.15, 0.2) is 41.4 Å². The Morgan fingerprint density at radius 2 is 1.81 bits per heavy atom. The minimum Gasteiger partial charge on any atom is -0.288 e. The van der Waals surface area contributed by atoms with E-state index in [1.54, 1.807) is 18.2 Å². The van der Waals surface area contributed by atoms with Crippen molar-refractivity contribution in [2.45, 2.75) is 0 Å². The third-order valence-corrected chi connectivity index (χ3v) is 2.62. The number of aromatic nitrogens is 2. The van der Waals surface area contributed by atoms with Gasteiger partial charge in [-0.2, -0.15) is 0 Å². The summed E-state index contributed by atoms with van der Waals surface area (Å²) in [6.45, 7) is 0. The molecule has 1 aromatic carbocycles. The Hall–Kier alpha value is -1.26. The summed E-state index contributed by atoms with van der Waals surface area (Å²) in [4.78, 5) is 19.6. The molecule has 0 bridgehead atoms. The van der Waals surface area contributed by atoms with Crippen LogP contribution in [-0.4, -0.2) is 15.8 Å². The predicted molar refractivity (Wildman–Crippen MR) is 64.6 cm³/mol. The first kappa shape index (κ1) is 11.2. The summed E-state index contributed by atoms with van der Waals surface area (Å²) >= 11 is 9.15. The van der Waals surface area contributed by atoms with Crippen LogP contribution in [-0.2, 0) is 0 Å². The van der Waals surface area contributed by atoms with Crippen LogP contribution in [0.25, 0.3) is 0 Å². The number of hydrogen-bond donors (Lipinski definition) is 0. The monoisotopic (exact) mass is 296 g/mol. The second kappa shape index (κ2) is 4.72. The molecule has 0 fully saturated rings. The van der Waals surface area contributed by atoms with Gasteiger partial charge in [-0.05, 0) is 18.2 Å². The molecule has 5 heteroatoms. The van der Waals surface area contributed by atoms with Gasteiger partial charge in [-0.1, -0.05) is 27.5 Å². The van der Waals surface area contributed by atoms with Crippen LogP contribution in [0.4, 0.5) is 0 Å². The molecular formula is C11H6BrClN2O. The zero-order valence-electron chi connectivity index (χ0n) is 8.02. The van der Waals surface area contributed by atoms with Crippen LogP contribution in [0.3, 0.4) is 0 Å². The summed E-state index contributed by atoms with van der Waals surface area (Å²) in [6.07, 6.45) is 4.33. The fourth-order valence-corrected chi connectivity index (χ4v) is 2.13. The van der Waals surface area contributed by atoms with Gasteiger partial charge in [0.15, 0.2) is 5.78 Å². The van der Waals surface area contributed by atoms with Gasteiger partial charge in [0.05, 0.1) is 5.56 Å². The number of halogens is 2. The highest BCUT2D eigenvalue weighted by atomic mass is 79.9. The number of carbonyl (C=O) groups is 1. The summed E-state index contributed by atoms with van der Waals surface area (Å²) in [5.41, 5.74) is 0.950. The van der Waals surface area contributed by atoms with E-state index >= 15 is 0 Å². The highest BCUT2D eigenvalue weighted by molar-refractivity contribution is 9.10. The summed E-state index contributed by atoms with van der Waals surface area (Å²) in [5, 5.41) is 0.509. The molecule has 1 aromatic heterocycles. The molecule has 0 aliphatic heterocycles. The molecule has 3 nitrogen and oxygen atoms in total. The van der Waals surface area contributed by atoms with Crippen molar-refractivity contribution in [1.82, 2.24) is 9.97 Å². The van der Waals surface area contributed by atoms with Crippen LogP contribution in [0.2, 0.25) is 5.02 Å². The van der Waals surface area contributed by atoms with Crippen molar-refractivity contribution in [3.8, 4) is 0 Å². The third-order valence-electron chi connectivity index (χ3n) is 1.95. The number of benzene rings is 1. The Morgan fingerprint density at radius 1 is 1.12 bits per heavy atom. The van der Waals surface area contributed by atoms with E-state index < -0.39 is 0 Å². The Kier molecular flexibility index (Phi) is 3.31. The summed E-state index contributed by atoms with van der Waals surface area (Å²) in [5.74, 6) is -0.149. The number of nitrogens with zero attached hydrogens (tertiary/aromatic N) is 2. The fraction of sp³-hybridized carbons (Fsp3) is 0. The van der Waals surface area contributed by atoms with E-state index in [0.29, 0.717) is 16.1 Å². The number of ketones is 1. The van der Waals surface area contributed by atoms with Crippen molar-refractivity contribution in [3.05, 3.63) is 57.5 Å². The Bertz CT molecular complexity index is 511. The van der Waals surface area contributed by atoms with Crippen molar-refractivity contribution < 1.29 is 4.79 Å². The van der Waals surface area contributed by atoms with Crippen LogP contribution in [0.5, 0.6) is 0 Å². The molecular weight excluding hydrogens is 291 g/mol. The quantitative estimate of drug-likeness (QED) is 0.800. The second-order valence-corrected chi connectivity index (χ2v) is 4.47. The lowest BCUT2D eigenvalue weighted by atomic mass is 10.1. The molecule has 0 saturated heterocycles. The Balaban J connectivity index is 2.42. The van der Waals surface area contributed by atoms with Crippen LogP contribution in [0, 0.1) is 0 Å². The first-order valence-electron chi connectivity index (χ1n) is 4.42. The normalized spacial score (nSPS) is 10.1. The maximum atomic E-state index is 12.0. The molecule has 2 rings (SSSR count). The Morgan fingerprint density at radius 3 is 2.44 bits per heavy atom. The van der Waals surface area contributed by atoms with E-state index in [-0.39, 0.29) is 5.78 Å². The molecule has 0 aliphatic carbocycles. The van der Waals surface area contributed by atoms with E-state index in [1.807, 2.05) is 0 Å². The molecule has 0 N–H and O–H groups in total. The second-order valence-electron chi connectivity index (χ2n) is 3.11. The van der Waals surface area contributed by atoms with Gasteiger partial charge in [0.25, 0.3) is 0 Å². The standard InChI is InChI=1S/C11H6BrClN2O/c12-9-1-7(2-10(13)3-9)11(16)8-4-14-6-15-5-8/h1-6H. The molecule has 1 heterocycles. The van der Waals surface area contributed by atoms with Gasteiger partial charge in [-0.3, -0.25) is 4.79 Å². The maximum Gasteiger partial charge on any atom is 0.196 e. The molecule has 80 valence electrons. The lowest BCUT2D eigenvalue weighted by Crippen LogP contribution is -2.02. The van der Waals surface area contributed by atoms with Gasteiger partial charge in [0.2, 0.25) is 0 Å². The zero-order chi connectivity index (χ0) is 11.5. The predicted octanol–water partition coefficient (Wildman–Crippen LogP) is 3.12. The third kappa shape index (κ3) is 2.46. The summed E-state index contributed by atoms with van der Waals surface area (Å²) < 4.78 is 0.764. The average molecular weight is 298 g/mol. The highest BCUT2D eigenvalue weighted by Crippen LogP contribution is 2.21. The molecule has 0 amide bonds. The van der Waals surface area contributed by atoms with Crippen LogP contribution < -0.4 is 0 Å². The van der Waals surface area contributed by atoms with Crippen LogP contribution in [0.1, 0.15) is 15.9 Å². The highest BCUT2D eigenvalue weighted by Gasteiger charge is 2.10. The smallest absolute Gasteiger partial charge is 0.196 e. The van der Waals surface area contributed by atoms with Gasteiger partial charge in [-0.15, -0.1) is 0 Å². The lowest BCUT2D eigenvalue weighted by molar-refractivity contribution is 0.103. The summed E-state index contributed by atoms with van der Waals surface area (Å²) in [6, 6.07) is 5.04. The minimum absolute atomic E-state index is 0.149. The van der Waals surface area contributed by atoms with E-state index in [2.05, 4.69) is 25.9 Å². The Labute approximate surface area is 106 Å². The van der Waals surface area contributed by atoms with Gasteiger partial charge in [0.1, 0.15) is 6.33 Å². The fourth-order valence-electron chi connectivity index (χ4n) is 1.27. The van der Waals surface area contributed by atoms with Gasteiger partial charge in [-0.25, -0.2) is 9.97 Å². The molecule has 0 spiro atoms. The molecule has 0 unspecified atom stereocenters. The van der Waals surface area contributed by atoms with Gasteiger partial charge >= 0.3 is 0 Å².